The maximum atomic E-state index is 14.1. The van der Waals surface area contributed by atoms with Crippen molar-refractivity contribution in [2.24, 2.45) is 10.9 Å². The van der Waals surface area contributed by atoms with E-state index in [1.165, 1.54) is 0 Å². The second-order valence-corrected chi connectivity index (χ2v) is 7.33. The third kappa shape index (κ3) is 5.57. The van der Waals surface area contributed by atoms with E-state index in [1.54, 1.807) is 13.8 Å². The molecule has 1 atom stereocenters. The Bertz CT molecular complexity index is 824. The molecule has 2 rings (SSSR count). The van der Waals surface area contributed by atoms with Crippen LogP contribution in [0.2, 0.25) is 5.02 Å². The first-order chi connectivity index (χ1) is 12.8. The van der Waals surface area contributed by atoms with E-state index in [9.17, 15) is 27.2 Å². The molecule has 1 aromatic carbocycles. The lowest BCUT2D eigenvalue weighted by molar-refractivity contribution is -0.185. The van der Waals surface area contributed by atoms with Gasteiger partial charge in [-0.1, -0.05) is 11.6 Å². The summed E-state index contributed by atoms with van der Waals surface area (Å²) >= 11 is 5.99. The number of ether oxygens (including phenoxy) is 1. The van der Waals surface area contributed by atoms with Gasteiger partial charge in [-0.25, -0.2) is 9.38 Å². The number of carbonyl (C=O) groups is 2. The lowest BCUT2D eigenvalue weighted by Gasteiger charge is -2.18. The second kappa shape index (κ2) is 7.94. The minimum atomic E-state index is -4.89. The number of hydrogen-bond donors (Lipinski definition) is 2. The quantitative estimate of drug-likeness (QED) is 0.675. The Labute approximate surface area is 162 Å². The molecule has 0 bridgehead atoms. The summed E-state index contributed by atoms with van der Waals surface area (Å²) < 4.78 is 58.2. The SMILES string of the molecule is CC1(C)COC(c2cc(NC(=O)CC(CC(=O)O)C(F)(F)F)c(F)cc2Cl)=N1. The van der Waals surface area contributed by atoms with E-state index in [1.807, 2.05) is 5.32 Å². The molecule has 0 saturated carbocycles. The fourth-order valence-corrected chi connectivity index (χ4v) is 2.70. The van der Waals surface area contributed by atoms with E-state index in [-0.39, 0.29) is 23.1 Å². The molecule has 11 heteroatoms. The van der Waals surface area contributed by atoms with Crippen molar-refractivity contribution < 1.29 is 37.0 Å². The number of aliphatic imine (C=N–C) groups is 1. The van der Waals surface area contributed by atoms with Gasteiger partial charge in [0.15, 0.2) is 0 Å². The summed E-state index contributed by atoms with van der Waals surface area (Å²) in [6.45, 7) is 3.83. The molecule has 1 unspecified atom stereocenters. The normalized spacial score (nSPS) is 16.9. The third-order valence-electron chi connectivity index (χ3n) is 3.84. The van der Waals surface area contributed by atoms with E-state index >= 15 is 0 Å². The molecule has 1 aliphatic rings. The number of rotatable bonds is 6. The molecule has 6 nitrogen and oxygen atoms in total. The molecule has 28 heavy (non-hydrogen) atoms. The van der Waals surface area contributed by atoms with Gasteiger partial charge in [-0.05, 0) is 26.0 Å². The maximum Gasteiger partial charge on any atom is 0.392 e. The molecule has 0 spiro atoms. The summed E-state index contributed by atoms with van der Waals surface area (Å²) in [5, 5.41) is 10.6. The Morgan fingerprint density at radius 3 is 2.50 bits per heavy atom. The highest BCUT2D eigenvalue weighted by Gasteiger charge is 2.42. The molecule has 0 radical (unpaired) electrons. The van der Waals surface area contributed by atoms with Crippen molar-refractivity contribution in [3.05, 3.63) is 28.5 Å². The van der Waals surface area contributed by atoms with Crippen LogP contribution in [0.1, 0.15) is 32.3 Å². The molecular formula is C17H17ClF4N2O4. The summed E-state index contributed by atoms with van der Waals surface area (Å²) in [7, 11) is 0. The van der Waals surface area contributed by atoms with E-state index in [0.717, 1.165) is 12.1 Å². The van der Waals surface area contributed by atoms with Gasteiger partial charge in [0.25, 0.3) is 0 Å². The largest absolute Gasteiger partial charge is 0.481 e. The van der Waals surface area contributed by atoms with Crippen LogP contribution < -0.4 is 5.32 Å². The number of aliphatic carboxylic acids is 1. The Morgan fingerprint density at radius 2 is 2.00 bits per heavy atom. The lowest BCUT2D eigenvalue weighted by atomic mass is 10.0. The topological polar surface area (TPSA) is 88.0 Å². The van der Waals surface area contributed by atoms with Crippen molar-refractivity contribution in [2.45, 2.75) is 38.4 Å². The standard InChI is InChI=1S/C17H17ClF4N2O4/c1-16(2)7-28-15(24-16)9-5-12(11(19)6-10(9)18)23-13(25)3-8(4-14(26)27)17(20,21)22/h5-6,8H,3-4,7H2,1-2H3,(H,23,25)(H,26,27). The number of carbonyl (C=O) groups excluding carboxylic acids is 1. The number of alkyl halides is 3. The van der Waals surface area contributed by atoms with Gasteiger partial charge in [0.1, 0.15) is 12.4 Å². The van der Waals surface area contributed by atoms with Gasteiger partial charge in [-0.15, -0.1) is 0 Å². The molecule has 0 aliphatic carbocycles. The van der Waals surface area contributed by atoms with E-state index in [0.29, 0.717) is 0 Å². The molecule has 2 N–H and O–H groups in total. The average Bonchev–Trinajstić information content (AvgIpc) is 2.88. The van der Waals surface area contributed by atoms with E-state index in [4.69, 9.17) is 21.4 Å². The number of nitrogens with one attached hydrogen (secondary N) is 1. The monoisotopic (exact) mass is 424 g/mol. The minimum Gasteiger partial charge on any atom is -0.481 e. The Hall–Kier alpha value is -2.36. The molecule has 0 aromatic heterocycles. The van der Waals surface area contributed by atoms with Crippen LogP contribution in [0.5, 0.6) is 0 Å². The summed E-state index contributed by atoms with van der Waals surface area (Å²) in [4.78, 5) is 26.8. The number of anilines is 1. The minimum absolute atomic E-state index is 0.0500. The molecule has 1 heterocycles. The van der Waals surface area contributed by atoms with Crippen molar-refractivity contribution >= 4 is 35.1 Å². The van der Waals surface area contributed by atoms with Gasteiger partial charge in [-0.2, -0.15) is 13.2 Å². The molecular weight excluding hydrogens is 408 g/mol. The Balaban J connectivity index is 2.22. The van der Waals surface area contributed by atoms with Crippen LogP contribution in [0, 0.1) is 11.7 Å². The maximum absolute atomic E-state index is 14.1. The smallest absolute Gasteiger partial charge is 0.392 e. The Morgan fingerprint density at radius 1 is 1.36 bits per heavy atom. The lowest BCUT2D eigenvalue weighted by Crippen LogP contribution is -2.30. The molecule has 0 saturated heterocycles. The van der Waals surface area contributed by atoms with Crippen LogP contribution in [0.3, 0.4) is 0 Å². The van der Waals surface area contributed by atoms with Crippen LogP contribution in [-0.2, 0) is 14.3 Å². The number of hydrogen-bond acceptors (Lipinski definition) is 4. The summed E-state index contributed by atoms with van der Waals surface area (Å²) in [5.74, 6) is -6.14. The van der Waals surface area contributed by atoms with Gasteiger partial charge in [0, 0.05) is 6.42 Å². The highest BCUT2D eigenvalue weighted by molar-refractivity contribution is 6.34. The van der Waals surface area contributed by atoms with Crippen LogP contribution in [0.4, 0.5) is 23.2 Å². The molecule has 154 valence electrons. The predicted octanol–water partition coefficient (Wildman–Crippen LogP) is 4.02. The van der Waals surface area contributed by atoms with Crippen molar-refractivity contribution in [2.75, 3.05) is 11.9 Å². The van der Waals surface area contributed by atoms with Crippen LogP contribution >= 0.6 is 11.6 Å². The van der Waals surface area contributed by atoms with Crippen molar-refractivity contribution in [3.63, 3.8) is 0 Å². The molecule has 1 aromatic rings. The summed E-state index contributed by atoms with van der Waals surface area (Å²) in [6.07, 6.45) is -7.33. The van der Waals surface area contributed by atoms with Crippen LogP contribution in [-0.4, -0.2) is 41.2 Å². The molecule has 1 amide bonds. The molecule has 1 aliphatic heterocycles. The van der Waals surface area contributed by atoms with E-state index in [2.05, 4.69) is 4.99 Å². The summed E-state index contributed by atoms with van der Waals surface area (Å²) in [6, 6.07) is 1.98. The van der Waals surface area contributed by atoms with Crippen molar-refractivity contribution in [3.8, 4) is 0 Å². The highest BCUT2D eigenvalue weighted by atomic mass is 35.5. The third-order valence-corrected chi connectivity index (χ3v) is 4.16. The number of amides is 1. The first kappa shape index (κ1) is 21.9. The fraction of sp³-hybridized carbons (Fsp3) is 0.471. The number of halogens is 5. The zero-order valence-corrected chi connectivity index (χ0v) is 15.6. The second-order valence-electron chi connectivity index (χ2n) is 6.92. The first-order valence-electron chi connectivity index (χ1n) is 8.09. The zero-order chi connectivity index (χ0) is 21.3. The number of benzene rings is 1. The highest BCUT2D eigenvalue weighted by Crippen LogP contribution is 2.33. The summed E-state index contributed by atoms with van der Waals surface area (Å²) in [5.41, 5.74) is -0.786. The van der Waals surface area contributed by atoms with Gasteiger partial charge >= 0.3 is 12.1 Å². The van der Waals surface area contributed by atoms with Gasteiger partial charge < -0.3 is 15.2 Å². The number of carboxylic acid groups (broad SMARTS) is 1. The van der Waals surface area contributed by atoms with Crippen LogP contribution in [0.15, 0.2) is 17.1 Å². The number of carboxylic acids is 1. The van der Waals surface area contributed by atoms with Crippen LogP contribution in [0.25, 0.3) is 0 Å². The fourth-order valence-electron chi connectivity index (χ4n) is 2.47. The predicted molar refractivity (Wildman–Crippen MR) is 93.0 cm³/mol. The van der Waals surface area contributed by atoms with Gasteiger partial charge in [-0.3, -0.25) is 9.59 Å². The zero-order valence-electron chi connectivity index (χ0n) is 14.9. The van der Waals surface area contributed by atoms with Crippen molar-refractivity contribution in [1.82, 2.24) is 0 Å². The van der Waals surface area contributed by atoms with Gasteiger partial charge in [0.05, 0.1) is 34.2 Å². The first-order valence-corrected chi connectivity index (χ1v) is 8.47. The number of nitrogens with zero attached hydrogens (tertiary/aromatic N) is 1. The van der Waals surface area contributed by atoms with Crippen molar-refractivity contribution in [1.29, 1.82) is 0 Å². The van der Waals surface area contributed by atoms with Gasteiger partial charge in [0.2, 0.25) is 11.8 Å². The molecule has 0 fully saturated rings. The van der Waals surface area contributed by atoms with E-state index < -0.39 is 53.9 Å². The Kier molecular flexibility index (Phi) is 6.22. The average molecular weight is 425 g/mol.